The topological polar surface area (TPSA) is 29.1 Å². The van der Waals surface area contributed by atoms with Crippen molar-refractivity contribution in [2.24, 2.45) is 17.8 Å². The van der Waals surface area contributed by atoms with Crippen LogP contribution >= 0.6 is 0 Å². The lowest BCUT2D eigenvalue weighted by atomic mass is 9.84. The highest BCUT2D eigenvalue weighted by molar-refractivity contribution is 5.75. The number of carbonyl (C=O) groups excluding carboxylic acids is 1. The molecule has 1 heterocycles. The minimum Gasteiger partial charge on any atom is -0.356 e. The summed E-state index contributed by atoms with van der Waals surface area (Å²) < 4.78 is 0. The molecule has 0 spiro atoms. The molecule has 0 aromatic carbocycles. The first kappa shape index (κ1) is 9.04. The molecular weight excluding hydrogens is 162 g/mol. The van der Waals surface area contributed by atoms with E-state index in [4.69, 9.17) is 0 Å². The van der Waals surface area contributed by atoms with Crippen LogP contribution in [0.25, 0.3) is 0 Å². The fourth-order valence-electron chi connectivity index (χ4n) is 2.52. The number of nitrogens with one attached hydrogen (secondary N) is 1. The third kappa shape index (κ3) is 2.23. The number of rotatable bonds is 1. The van der Waals surface area contributed by atoms with Gasteiger partial charge in [0.1, 0.15) is 0 Å². The molecule has 2 nitrogen and oxygen atoms in total. The van der Waals surface area contributed by atoms with E-state index in [2.05, 4.69) is 12.2 Å². The van der Waals surface area contributed by atoms with Crippen LogP contribution in [-0.4, -0.2) is 12.5 Å². The average Bonchev–Trinajstić information content (AvgIpc) is 2.89. The summed E-state index contributed by atoms with van der Waals surface area (Å²) in [6.45, 7) is 3.19. The molecule has 1 N–H and O–H groups in total. The first-order valence-corrected chi connectivity index (χ1v) is 5.54. The lowest BCUT2D eigenvalue weighted by Crippen LogP contribution is -2.34. The minimum absolute atomic E-state index is 0.251. The van der Waals surface area contributed by atoms with E-state index in [0.717, 1.165) is 31.2 Å². The molecule has 1 aliphatic carbocycles. The smallest absolute Gasteiger partial charge is 0.220 e. The SMILES string of the molecule is CC1CNC(=O)CCCC1C1CC1. The fraction of sp³-hybridized carbons (Fsp3) is 0.909. The molecule has 1 amide bonds. The molecule has 74 valence electrons. The standard InChI is InChI=1S/C11H19NO/c1-8-7-12-11(13)4-2-3-10(8)9-5-6-9/h8-10H,2-7H2,1H3,(H,12,13). The van der Waals surface area contributed by atoms with E-state index in [-0.39, 0.29) is 5.91 Å². The van der Waals surface area contributed by atoms with E-state index in [1.54, 1.807) is 0 Å². The zero-order valence-corrected chi connectivity index (χ0v) is 8.38. The summed E-state index contributed by atoms with van der Waals surface area (Å²) in [5.41, 5.74) is 0. The van der Waals surface area contributed by atoms with Crippen LogP contribution in [0.15, 0.2) is 0 Å². The summed E-state index contributed by atoms with van der Waals surface area (Å²) in [6, 6.07) is 0. The van der Waals surface area contributed by atoms with Gasteiger partial charge >= 0.3 is 0 Å². The van der Waals surface area contributed by atoms with Crippen molar-refractivity contribution >= 4 is 5.91 Å². The number of amides is 1. The van der Waals surface area contributed by atoms with Crippen LogP contribution in [-0.2, 0) is 4.79 Å². The summed E-state index contributed by atoms with van der Waals surface area (Å²) in [6.07, 6.45) is 5.98. The summed E-state index contributed by atoms with van der Waals surface area (Å²) in [5.74, 6) is 2.82. The predicted molar refractivity (Wildman–Crippen MR) is 52.2 cm³/mol. The van der Waals surface area contributed by atoms with E-state index in [1.807, 2.05) is 0 Å². The van der Waals surface area contributed by atoms with Crippen LogP contribution in [0.5, 0.6) is 0 Å². The normalized spacial score (nSPS) is 36.2. The van der Waals surface area contributed by atoms with Gasteiger partial charge in [-0.05, 0) is 43.4 Å². The van der Waals surface area contributed by atoms with Gasteiger partial charge in [-0.1, -0.05) is 6.92 Å². The van der Waals surface area contributed by atoms with E-state index < -0.39 is 0 Å². The highest BCUT2D eigenvalue weighted by Gasteiger charge is 2.34. The Labute approximate surface area is 80.1 Å². The van der Waals surface area contributed by atoms with Gasteiger partial charge in [-0.25, -0.2) is 0 Å². The maximum atomic E-state index is 11.2. The van der Waals surface area contributed by atoms with Gasteiger partial charge in [0.25, 0.3) is 0 Å². The average molecular weight is 181 g/mol. The van der Waals surface area contributed by atoms with Crippen molar-refractivity contribution in [2.45, 2.75) is 39.0 Å². The Kier molecular flexibility index (Phi) is 2.56. The minimum atomic E-state index is 0.251. The van der Waals surface area contributed by atoms with E-state index >= 15 is 0 Å². The van der Waals surface area contributed by atoms with Gasteiger partial charge in [0.05, 0.1) is 0 Å². The lowest BCUT2D eigenvalue weighted by molar-refractivity contribution is -0.121. The van der Waals surface area contributed by atoms with Crippen molar-refractivity contribution in [3.05, 3.63) is 0 Å². The first-order chi connectivity index (χ1) is 6.27. The predicted octanol–water partition coefficient (Wildman–Crippen LogP) is 1.95. The Morgan fingerprint density at radius 3 is 2.77 bits per heavy atom. The van der Waals surface area contributed by atoms with Crippen LogP contribution in [0.2, 0.25) is 0 Å². The number of hydrogen-bond donors (Lipinski definition) is 1. The lowest BCUT2D eigenvalue weighted by Gasteiger charge is -2.26. The van der Waals surface area contributed by atoms with Crippen molar-refractivity contribution in [3.63, 3.8) is 0 Å². The Balaban J connectivity index is 1.91. The summed E-state index contributed by atoms with van der Waals surface area (Å²) in [7, 11) is 0. The van der Waals surface area contributed by atoms with Crippen LogP contribution in [0.1, 0.15) is 39.0 Å². The van der Waals surface area contributed by atoms with Gasteiger partial charge in [0, 0.05) is 13.0 Å². The van der Waals surface area contributed by atoms with Gasteiger partial charge < -0.3 is 5.32 Å². The molecule has 2 atom stereocenters. The van der Waals surface area contributed by atoms with Crippen LogP contribution < -0.4 is 5.32 Å². The van der Waals surface area contributed by atoms with Gasteiger partial charge in [-0.2, -0.15) is 0 Å². The molecule has 2 fully saturated rings. The Bertz CT molecular complexity index is 198. The molecule has 1 saturated carbocycles. The van der Waals surface area contributed by atoms with Gasteiger partial charge in [-0.15, -0.1) is 0 Å². The van der Waals surface area contributed by atoms with E-state index in [1.165, 1.54) is 19.3 Å². The molecule has 2 aliphatic rings. The summed E-state index contributed by atoms with van der Waals surface area (Å²) in [5, 5.41) is 3.01. The number of carbonyl (C=O) groups is 1. The van der Waals surface area contributed by atoms with Crippen molar-refractivity contribution in [3.8, 4) is 0 Å². The zero-order chi connectivity index (χ0) is 9.26. The highest BCUT2D eigenvalue weighted by atomic mass is 16.1. The second-order valence-electron chi connectivity index (χ2n) is 4.67. The molecule has 2 unspecified atom stereocenters. The van der Waals surface area contributed by atoms with Crippen LogP contribution in [0.4, 0.5) is 0 Å². The Morgan fingerprint density at radius 2 is 2.08 bits per heavy atom. The largest absolute Gasteiger partial charge is 0.356 e. The summed E-state index contributed by atoms with van der Waals surface area (Å²) >= 11 is 0. The zero-order valence-electron chi connectivity index (χ0n) is 8.38. The molecule has 13 heavy (non-hydrogen) atoms. The molecule has 0 aromatic heterocycles. The monoisotopic (exact) mass is 181 g/mol. The second kappa shape index (κ2) is 3.69. The first-order valence-electron chi connectivity index (χ1n) is 5.54. The third-order valence-electron chi connectivity index (χ3n) is 3.52. The van der Waals surface area contributed by atoms with Gasteiger partial charge in [0.2, 0.25) is 5.91 Å². The van der Waals surface area contributed by atoms with Crippen molar-refractivity contribution in [1.82, 2.24) is 5.32 Å². The molecule has 0 bridgehead atoms. The Morgan fingerprint density at radius 1 is 1.31 bits per heavy atom. The molecule has 0 aromatic rings. The fourth-order valence-corrected chi connectivity index (χ4v) is 2.52. The van der Waals surface area contributed by atoms with Crippen molar-refractivity contribution < 1.29 is 4.79 Å². The van der Waals surface area contributed by atoms with Crippen LogP contribution in [0.3, 0.4) is 0 Å². The molecule has 1 saturated heterocycles. The maximum absolute atomic E-state index is 11.2. The van der Waals surface area contributed by atoms with Crippen molar-refractivity contribution in [1.29, 1.82) is 0 Å². The highest BCUT2D eigenvalue weighted by Crippen LogP contribution is 2.43. The third-order valence-corrected chi connectivity index (χ3v) is 3.52. The summed E-state index contributed by atoms with van der Waals surface area (Å²) in [4.78, 5) is 11.2. The molecule has 2 heteroatoms. The second-order valence-corrected chi connectivity index (χ2v) is 4.67. The quantitative estimate of drug-likeness (QED) is 0.658. The van der Waals surface area contributed by atoms with E-state index in [9.17, 15) is 4.79 Å². The Hall–Kier alpha value is -0.530. The van der Waals surface area contributed by atoms with Gasteiger partial charge in [0.15, 0.2) is 0 Å². The maximum Gasteiger partial charge on any atom is 0.220 e. The molecular formula is C11H19NO. The molecule has 1 aliphatic heterocycles. The van der Waals surface area contributed by atoms with E-state index in [0.29, 0.717) is 5.92 Å². The molecule has 0 radical (unpaired) electrons. The van der Waals surface area contributed by atoms with Crippen molar-refractivity contribution in [2.75, 3.05) is 6.54 Å². The number of hydrogen-bond acceptors (Lipinski definition) is 1. The van der Waals surface area contributed by atoms with Gasteiger partial charge in [-0.3, -0.25) is 4.79 Å². The van der Waals surface area contributed by atoms with Crippen LogP contribution in [0, 0.1) is 17.8 Å². The molecule has 2 rings (SSSR count).